The maximum Gasteiger partial charge on any atom is 0.251 e. The van der Waals surface area contributed by atoms with Gasteiger partial charge in [-0.25, -0.2) is 8.78 Å². The largest absolute Gasteiger partial charge is 0.496 e. The summed E-state index contributed by atoms with van der Waals surface area (Å²) in [7, 11) is 3.33. The molecule has 0 aromatic heterocycles. The molecule has 0 bridgehead atoms. The minimum absolute atomic E-state index is 0.0291. The van der Waals surface area contributed by atoms with Gasteiger partial charge in [-0.15, -0.1) is 0 Å². The highest BCUT2D eigenvalue weighted by Gasteiger charge is 2.19. The maximum absolute atomic E-state index is 12.4. The summed E-state index contributed by atoms with van der Waals surface area (Å²) in [4.78, 5) is 1.64. The van der Waals surface area contributed by atoms with Gasteiger partial charge < -0.3 is 10.1 Å². The third kappa shape index (κ3) is 5.06. The highest BCUT2D eigenvalue weighted by molar-refractivity contribution is 5.39. The van der Waals surface area contributed by atoms with Crippen LogP contribution in [0.5, 0.6) is 5.75 Å². The normalized spacial score (nSPS) is 13.0. The number of benzene rings is 1. The Morgan fingerprint density at radius 1 is 1.30 bits per heavy atom. The van der Waals surface area contributed by atoms with Gasteiger partial charge in [0.2, 0.25) is 0 Å². The molecule has 5 heteroatoms. The van der Waals surface area contributed by atoms with E-state index >= 15 is 0 Å². The molecule has 0 amide bonds. The van der Waals surface area contributed by atoms with E-state index in [2.05, 4.69) is 5.32 Å². The Labute approximate surface area is 119 Å². The van der Waals surface area contributed by atoms with Crippen LogP contribution in [0.3, 0.4) is 0 Å². The number of ether oxygens (including phenoxy) is 1. The molecular weight excluding hydrogens is 262 g/mol. The number of nitrogens with zero attached hydrogens (tertiary/aromatic N) is 1. The summed E-state index contributed by atoms with van der Waals surface area (Å²) in [5, 5.41) is 3.34. The second-order valence-electron chi connectivity index (χ2n) is 4.97. The third-order valence-electron chi connectivity index (χ3n) is 3.16. The molecule has 0 spiro atoms. The van der Waals surface area contributed by atoms with Gasteiger partial charge >= 0.3 is 0 Å². The van der Waals surface area contributed by atoms with Gasteiger partial charge in [0, 0.05) is 18.2 Å². The van der Waals surface area contributed by atoms with Crippen molar-refractivity contribution in [1.82, 2.24) is 10.2 Å². The number of rotatable bonds is 8. The second kappa shape index (κ2) is 8.17. The van der Waals surface area contributed by atoms with Crippen LogP contribution in [0.15, 0.2) is 18.2 Å². The Morgan fingerprint density at radius 3 is 2.55 bits per heavy atom. The topological polar surface area (TPSA) is 24.5 Å². The zero-order valence-corrected chi connectivity index (χ0v) is 12.6. The summed E-state index contributed by atoms with van der Waals surface area (Å²) in [5.74, 6) is 0.784. The lowest BCUT2D eigenvalue weighted by Crippen LogP contribution is -2.35. The lowest BCUT2D eigenvalue weighted by atomic mass is 10.0. The fraction of sp³-hybridized carbons (Fsp3) is 0.600. The molecule has 3 nitrogen and oxygen atoms in total. The van der Waals surface area contributed by atoms with Gasteiger partial charge in [-0.1, -0.05) is 24.6 Å². The van der Waals surface area contributed by atoms with Gasteiger partial charge in [0.15, 0.2) is 0 Å². The van der Waals surface area contributed by atoms with Gasteiger partial charge in [0.1, 0.15) is 5.75 Å². The van der Waals surface area contributed by atoms with Crippen molar-refractivity contribution >= 4 is 0 Å². The summed E-state index contributed by atoms with van der Waals surface area (Å²) in [6.07, 6.45) is -2.32. The smallest absolute Gasteiger partial charge is 0.251 e. The van der Waals surface area contributed by atoms with Gasteiger partial charge in [0.25, 0.3) is 6.43 Å². The summed E-state index contributed by atoms with van der Waals surface area (Å²) in [5.41, 5.74) is 2.13. The van der Waals surface area contributed by atoms with Crippen LogP contribution < -0.4 is 10.1 Å². The van der Waals surface area contributed by atoms with Crippen LogP contribution in [0.1, 0.15) is 24.1 Å². The number of halogens is 2. The van der Waals surface area contributed by atoms with Crippen molar-refractivity contribution in [2.24, 2.45) is 0 Å². The first-order chi connectivity index (χ1) is 9.47. The summed E-state index contributed by atoms with van der Waals surface area (Å²) in [6, 6.07) is 5.91. The number of methoxy groups -OCH3 is 1. The van der Waals surface area contributed by atoms with E-state index in [1.807, 2.05) is 32.0 Å². The summed E-state index contributed by atoms with van der Waals surface area (Å²) < 4.78 is 30.3. The zero-order valence-electron chi connectivity index (χ0n) is 12.6. The van der Waals surface area contributed by atoms with E-state index in [4.69, 9.17) is 4.74 Å². The summed E-state index contributed by atoms with van der Waals surface area (Å²) in [6.45, 7) is 5.06. The van der Waals surface area contributed by atoms with Crippen LogP contribution >= 0.6 is 0 Å². The predicted octanol–water partition coefficient (Wildman–Crippen LogP) is 2.85. The molecule has 1 aromatic rings. The molecule has 114 valence electrons. The molecule has 0 saturated heterocycles. The lowest BCUT2D eigenvalue weighted by molar-refractivity contribution is 0.0958. The minimum Gasteiger partial charge on any atom is -0.496 e. The molecule has 1 N–H and O–H groups in total. The Kier molecular flexibility index (Phi) is 6.88. The van der Waals surface area contributed by atoms with E-state index in [0.717, 1.165) is 23.4 Å². The first-order valence-corrected chi connectivity index (χ1v) is 6.82. The fourth-order valence-corrected chi connectivity index (χ4v) is 2.27. The quantitative estimate of drug-likeness (QED) is 0.795. The van der Waals surface area contributed by atoms with E-state index < -0.39 is 6.43 Å². The van der Waals surface area contributed by atoms with E-state index in [-0.39, 0.29) is 12.6 Å². The van der Waals surface area contributed by atoms with Crippen molar-refractivity contribution in [3.05, 3.63) is 29.3 Å². The van der Waals surface area contributed by atoms with Crippen LogP contribution in [-0.2, 0) is 0 Å². The Morgan fingerprint density at radius 2 is 2.00 bits per heavy atom. The summed E-state index contributed by atoms with van der Waals surface area (Å²) >= 11 is 0. The highest BCUT2D eigenvalue weighted by atomic mass is 19.3. The number of aryl methyl sites for hydroxylation is 1. The molecule has 0 aliphatic rings. The molecule has 0 heterocycles. The number of hydrogen-bond acceptors (Lipinski definition) is 3. The average Bonchev–Trinajstić information content (AvgIpc) is 2.37. The van der Waals surface area contributed by atoms with Crippen LogP contribution in [0.25, 0.3) is 0 Å². The molecular formula is C15H24F2N2O. The number of alkyl halides is 2. The van der Waals surface area contributed by atoms with Crippen molar-refractivity contribution in [2.75, 3.05) is 33.8 Å². The Bertz CT molecular complexity index is 413. The molecule has 1 aromatic carbocycles. The van der Waals surface area contributed by atoms with Crippen molar-refractivity contribution in [3.63, 3.8) is 0 Å². The van der Waals surface area contributed by atoms with Gasteiger partial charge in [0.05, 0.1) is 13.7 Å². The number of likely N-dealkylation sites (N-methyl/N-ethyl adjacent to an activating group) is 2. The van der Waals surface area contributed by atoms with Crippen molar-refractivity contribution in [2.45, 2.75) is 26.3 Å². The van der Waals surface area contributed by atoms with Crippen molar-refractivity contribution in [3.8, 4) is 5.75 Å². The van der Waals surface area contributed by atoms with Gasteiger partial charge in [-0.05, 0) is 26.6 Å². The molecule has 1 atom stereocenters. The molecule has 20 heavy (non-hydrogen) atoms. The van der Waals surface area contributed by atoms with Gasteiger partial charge in [-0.3, -0.25) is 4.90 Å². The van der Waals surface area contributed by atoms with Gasteiger partial charge in [-0.2, -0.15) is 0 Å². The maximum atomic E-state index is 12.4. The molecule has 0 radical (unpaired) electrons. The second-order valence-corrected chi connectivity index (χ2v) is 4.97. The fourth-order valence-electron chi connectivity index (χ4n) is 2.27. The molecule has 0 aliphatic carbocycles. The van der Waals surface area contributed by atoms with Crippen molar-refractivity contribution in [1.29, 1.82) is 0 Å². The Hall–Kier alpha value is -1.20. The molecule has 0 saturated carbocycles. The average molecular weight is 286 g/mol. The SMILES string of the molecule is CCNC(CN(C)CC(F)F)c1cc(C)ccc1OC. The predicted molar refractivity (Wildman–Crippen MR) is 77.6 cm³/mol. The van der Waals surface area contributed by atoms with E-state index in [1.54, 1.807) is 19.1 Å². The minimum atomic E-state index is -2.32. The Balaban J connectivity index is 2.92. The molecule has 1 unspecified atom stereocenters. The highest BCUT2D eigenvalue weighted by Crippen LogP contribution is 2.27. The van der Waals surface area contributed by atoms with Crippen molar-refractivity contribution < 1.29 is 13.5 Å². The lowest BCUT2D eigenvalue weighted by Gasteiger charge is -2.26. The number of nitrogens with one attached hydrogen (secondary N) is 1. The van der Waals surface area contributed by atoms with Crippen LogP contribution in [0.4, 0.5) is 8.78 Å². The third-order valence-corrected chi connectivity index (χ3v) is 3.16. The van der Waals surface area contributed by atoms with Crippen LogP contribution in [0, 0.1) is 6.92 Å². The van der Waals surface area contributed by atoms with E-state index in [9.17, 15) is 8.78 Å². The van der Waals surface area contributed by atoms with E-state index in [1.165, 1.54) is 0 Å². The first-order valence-electron chi connectivity index (χ1n) is 6.82. The molecule has 0 fully saturated rings. The monoisotopic (exact) mass is 286 g/mol. The molecule has 0 aliphatic heterocycles. The van der Waals surface area contributed by atoms with E-state index in [0.29, 0.717) is 6.54 Å². The van der Waals surface area contributed by atoms with Crippen LogP contribution in [0.2, 0.25) is 0 Å². The van der Waals surface area contributed by atoms with Crippen LogP contribution in [-0.4, -0.2) is 45.1 Å². The molecule has 1 rings (SSSR count). The number of hydrogen-bond donors (Lipinski definition) is 1. The zero-order chi connectivity index (χ0) is 15.1. The standard InChI is InChI=1S/C15H24F2N2O/c1-5-18-13(9-19(3)10-15(16)17)12-8-11(2)6-7-14(12)20-4/h6-8,13,15,18H,5,9-10H2,1-4H3. The first kappa shape index (κ1) is 16.9.